The molecule has 1 unspecified atom stereocenters. The number of hydrogen-bond donors (Lipinski definition) is 3. The summed E-state index contributed by atoms with van der Waals surface area (Å²) in [4.78, 5) is 34.8. The molecule has 0 saturated carbocycles. The lowest BCUT2D eigenvalue weighted by Gasteiger charge is -2.16. The largest absolute Gasteiger partial charge is 0.495 e. The molecule has 0 aliphatic heterocycles. The quantitative estimate of drug-likeness (QED) is 0.626. The van der Waals surface area contributed by atoms with Gasteiger partial charge in [0.05, 0.1) is 12.1 Å². The third-order valence-corrected chi connectivity index (χ3v) is 3.51. The van der Waals surface area contributed by atoms with Gasteiger partial charge in [0.25, 0.3) is 0 Å². The van der Waals surface area contributed by atoms with Crippen LogP contribution in [0.2, 0.25) is 5.02 Å². The number of carboxylic acids is 1. The van der Waals surface area contributed by atoms with Gasteiger partial charge in [0, 0.05) is 19.4 Å². The van der Waals surface area contributed by atoms with Gasteiger partial charge in [-0.1, -0.05) is 24.6 Å². The Bertz CT molecular complexity index is 606. The van der Waals surface area contributed by atoms with E-state index in [0.717, 1.165) is 6.42 Å². The number of amides is 2. The van der Waals surface area contributed by atoms with Crippen LogP contribution in [0.15, 0.2) is 18.2 Å². The molecule has 0 spiro atoms. The van der Waals surface area contributed by atoms with Gasteiger partial charge in [-0.2, -0.15) is 0 Å². The van der Waals surface area contributed by atoms with Crippen LogP contribution in [0.1, 0.15) is 37.8 Å². The number of carbonyl (C=O) groups excluding carboxylic acids is 2. The van der Waals surface area contributed by atoms with E-state index >= 15 is 0 Å². The van der Waals surface area contributed by atoms with Crippen molar-refractivity contribution in [3.63, 3.8) is 0 Å². The van der Waals surface area contributed by atoms with Crippen LogP contribution in [0.5, 0.6) is 5.75 Å². The monoisotopic (exact) mass is 356 g/mol. The number of aliphatic carboxylic acids is 1. The molecule has 0 aliphatic rings. The minimum Gasteiger partial charge on any atom is -0.495 e. The summed E-state index contributed by atoms with van der Waals surface area (Å²) in [5, 5.41) is 14.6. The van der Waals surface area contributed by atoms with Crippen molar-refractivity contribution in [3.8, 4) is 5.75 Å². The summed E-state index contributed by atoms with van der Waals surface area (Å²) >= 11 is 5.98. The molecule has 132 valence electrons. The minimum absolute atomic E-state index is 0.00153. The SMILES string of the molecule is CCCNC(=O)CCC(=O)NC(C(=O)O)c1ccc(OC)c(Cl)c1. The lowest BCUT2D eigenvalue weighted by atomic mass is 10.1. The zero-order valence-corrected chi connectivity index (χ0v) is 14.4. The average molecular weight is 357 g/mol. The molecule has 3 N–H and O–H groups in total. The second-order valence-electron chi connectivity index (χ2n) is 5.08. The molecule has 0 radical (unpaired) electrons. The van der Waals surface area contributed by atoms with Crippen LogP contribution in [-0.2, 0) is 14.4 Å². The molecule has 2 amide bonds. The Morgan fingerprint density at radius 2 is 1.92 bits per heavy atom. The second-order valence-corrected chi connectivity index (χ2v) is 5.49. The third-order valence-electron chi connectivity index (χ3n) is 3.21. The fourth-order valence-corrected chi connectivity index (χ4v) is 2.23. The van der Waals surface area contributed by atoms with Gasteiger partial charge >= 0.3 is 5.97 Å². The van der Waals surface area contributed by atoms with E-state index in [2.05, 4.69) is 10.6 Å². The van der Waals surface area contributed by atoms with Gasteiger partial charge in [0.15, 0.2) is 6.04 Å². The van der Waals surface area contributed by atoms with E-state index < -0.39 is 17.9 Å². The number of methoxy groups -OCH3 is 1. The number of carboxylic acid groups (broad SMARTS) is 1. The Hall–Kier alpha value is -2.28. The first-order chi connectivity index (χ1) is 11.4. The average Bonchev–Trinajstić information content (AvgIpc) is 2.55. The van der Waals surface area contributed by atoms with Gasteiger partial charge in [0.2, 0.25) is 11.8 Å². The highest BCUT2D eigenvalue weighted by Gasteiger charge is 2.23. The second kappa shape index (κ2) is 9.77. The van der Waals surface area contributed by atoms with Crippen molar-refractivity contribution in [2.75, 3.05) is 13.7 Å². The fraction of sp³-hybridized carbons (Fsp3) is 0.438. The fourth-order valence-electron chi connectivity index (χ4n) is 1.96. The molecule has 0 saturated heterocycles. The Balaban J connectivity index is 2.69. The van der Waals surface area contributed by atoms with Crippen molar-refractivity contribution in [3.05, 3.63) is 28.8 Å². The number of hydrogen-bond acceptors (Lipinski definition) is 4. The van der Waals surface area contributed by atoms with E-state index in [1.807, 2.05) is 6.92 Å². The van der Waals surface area contributed by atoms with Crippen LogP contribution < -0.4 is 15.4 Å². The molecular formula is C16H21ClN2O5. The summed E-state index contributed by atoms with van der Waals surface area (Å²) in [6.07, 6.45) is 0.710. The normalized spacial score (nSPS) is 11.5. The number of halogens is 1. The van der Waals surface area contributed by atoms with Gasteiger partial charge in [-0.05, 0) is 24.1 Å². The molecule has 1 aromatic rings. The van der Waals surface area contributed by atoms with E-state index in [1.165, 1.54) is 25.3 Å². The van der Waals surface area contributed by atoms with E-state index in [0.29, 0.717) is 17.9 Å². The van der Waals surface area contributed by atoms with E-state index in [9.17, 15) is 19.5 Å². The smallest absolute Gasteiger partial charge is 0.330 e. The highest BCUT2D eigenvalue weighted by Crippen LogP contribution is 2.27. The number of ether oxygens (including phenoxy) is 1. The van der Waals surface area contributed by atoms with E-state index in [1.54, 1.807) is 0 Å². The standard InChI is InChI=1S/C16H21ClN2O5/c1-3-8-18-13(20)6-7-14(21)19-15(16(22)23)10-4-5-12(24-2)11(17)9-10/h4-5,9,15H,3,6-8H2,1-2H3,(H,18,20)(H,19,21)(H,22,23). The molecule has 0 fully saturated rings. The molecule has 24 heavy (non-hydrogen) atoms. The topological polar surface area (TPSA) is 105 Å². The molecule has 1 atom stereocenters. The van der Waals surface area contributed by atoms with Crippen molar-refractivity contribution >= 4 is 29.4 Å². The molecule has 8 heteroatoms. The van der Waals surface area contributed by atoms with Crippen molar-refractivity contribution in [1.82, 2.24) is 10.6 Å². The number of nitrogens with one attached hydrogen (secondary N) is 2. The van der Waals surface area contributed by atoms with Gasteiger partial charge < -0.3 is 20.5 Å². The van der Waals surface area contributed by atoms with Crippen molar-refractivity contribution in [2.45, 2.75) is 32.2 Å². The van der Waals surface area contributed by atoms with Crippen LogP contribution in [0.25, 0.3) is 0 Å². The molecule has 0 heterocycles. The summed E-state index contributed by atoms with van der Waals surface area (Å²) in [6.45, 7) is 2.47. The number of rotatable bonds is 9. The third kappa shape index (κ3) is 6.08. The van der Waals surface area contributed by atoms with Gasteiger partial charge in [-0.25, -0.2) is 4.79 Å². The first-order valence-corrected chi connectivity index (χ1v) is 7.89. The van der Waals surface area contributed by atoms with E-state index in [-0.39, 0.29) is 23.8 Å². The maximum Gasteiger partial charge on any atom is 0.330 e. The van der Waals surface area contributed by atoms with Gasteiger partial charge in [-0.15, -0.1) is 0 Å². The van der Waals surface area contributed by atoms with Crippen LogP contribution in [0, 0.1) is 0 Å². The Kier molecular flexibility index (Phi) is 8.05. The van der Waals surface area contributed by atoms with Crippen LogP contribution >= 0.6 is 11.6 Å². The zero-order valence-electron chi connectivity index (χ0n) is 13.6. The van der Waals surface area contributed by atoms with Crippen LogP contribution in [0.3, 0.4) is 0 Å². The number of benzene rings is 1. The van der Waals surface area contributed by atoms with E-state index in [4.69, 9.17) is 16.3 Å². The molecule has 1 aromatic carbocycles. The lowest BCUT2D eigenvalue weighted by Crippen LogP contribution is -2.34. The predicted octanol–water partition coefficient (Wildman–Crippen LogP) is 1.90. The Morgan fingerprint density at radius 1 is 1.25 bits per heavy atom. The minimum atomic E-state index is -1.25. The van der Waals surface area contributed by atoms with Crippen molar-refractivity contribution < 1.29 is 24.2 Å². The number of carbonyl (C=O) groups is 3. The van der Waals surface area contributed by atoms with Crippen molar-refractivity contribution in [2.24, 2.45) is 0 Å². The summed E-state index contributed by atoms with van der Waals surface area (Å²) in [6, 6.07) is 3.21. The van der Waals surface area contributed by atoms with Gasteiger partial charge in [-0.3, -0.25) is 9.59 Å². The summed E-state index contributed by atoms with van der Waals surface area (Å²) in [5.74, 6) is -1.59. The van der Waals surface area contributed by atoms with Crippen LogP contribution in [0.4, 0.5) is 0 Å². The molecule has 1 rings (SSSR count). The molecule has 7 nitrogen and oxygen atoms in total. The summed E-state index contributed by atoms with van der Waals surface area (Å²) in [5.41, 5.74) is 0.317. The lowest BCUT2D eigenvalue weighted by molar-refractivity contribution is -0.142. The highest BCUT2D eigenvalue weighted by atomic mass is 35.5. The predicted molar refractivity (Wildman–Crippen MR) is 89.1 cm³/mol. The molecule has 0 bridgehead atoms. The summed E-state index contributed by atoms with van der Waals surface area (Å²) in [7, 11) is 1.45. The highest BCUT2D eigenvalue weighted by molar-refractivity contribution is 6.32. The Morgan fingerprint density at radius 3 is 2.46 bits per heavy atom. The Labute approximate surface area is 145 Å². The molecule has 0 aliphatic carbocycles. The van der Waals surface area contributed by atoms with Crippen molar-refractivity contribution in [1.29, 1.82) is 0 Å². The molecule has 0 aromatic heterocycles. The summed E-state index contributed by atoms with van der Waals surface area (Å²) < 4.78 is 5.01. The first kappa shape index (κ1) is 19.8. The maximum absolute atomic E-state index is 11.9. The van der Waals surface area contributed by atoms with Gasteiger partial charge in [0.1, 0.15) is 5.75 Å². The van der Waals surface area contributed by atoms with Crippen LogP contribution in [-0.4, -0.2) is 36.5 Å². The maximum atomic E-state index is 11.9. The first-order valence-electron chi connectivity index (χ1n) is 7.51. The zero-order chi connectivity index (χ0) is 18.1. The molecular weight excluding hydrogens is 336 g/mol.